The Morgan fingerprint density at radius 1 is 1.28 bits per heavy atom. The number of nitrogens with two attached hydrogens (primary N) is 1. The molecular weight excluding hydrogens is 344 g/mol. The largest absolute Gasteiger partial charge is 0.379 e. The second kappa shape index (κ2) is 6.38. The van der Waals surface area contributed by atoms with Crippen molar-refractivity contribution in [3.05, 3.63) is 53.9 Å². The van der Waals surface area contributed by atoms with Gasteiger partial charge in [-0.05, 0) is 36.2 Å². The van der Waals surface area contributed by atoms with Crippen molar-refractivity contribution in [1.82, 2.24) is 4.98 Å². The lowest BCUT2D eigenvalue weighted by atomic mass is 9.76. The molecular formula is C18H17F2N3OS. The molecule has 1 fully saturated rings. The van der Waals surface area contributed by atoms with Crippen molar-refractivity contribution < 1.29 is 13.5 Å². The highest BCUT2D eigenvalue weighted by molar-refractivity contribution is 8.13. The first-order valence-corrected chi connectivity index (χ1v) is 9.05. The van der Waals surface area contributed by atoms with Gasteiger partial charge in [-0.3, -0.25) is 0 Å². The summed E-state index contributed by atoms with van der Waals surface area (Å²) in [4.78, 5) is 8.28. The average Bonchev–Trinajstić information content (AvgIpc) is 2.62. The molecule has 0 spiro atoms. The molecule has 3 heterocycles. The molecule has 7 heteroatoms. The Bertz CT molecular complexity index is 845. The lowest BCUT2D eigenvalue weighted by Crippen LogP contribution is -2.48. The molecule has 0 saturated carbocycles. The Labute approximate surface area is 148 Å². The number of amidine groups is 1. The van der Waals surface area contributed by atoms with E-state index in [1.54, 1.807) is 24.3 Å². The van der Waals surface area contributed by atoms with Crippen LogP contribution in [0.2, 0.25) is 0 Å². The average molecular weight is 361 g/mol. The van der Waals surface area contributed by atoms with Crippen molar-refractivity contribution >= 4 is 16.9 Å². The minimum absolute atomic E-state index is 0.127. The molecule has 2 atom stereocenters. The highest BCUT2D eigenvalue weighted by Gasteiger charge is 2.47. The van der Waals surface area contributed by atoms with Gasteiger partial charge in [0.2, 0.25) is 5.95 Å². The van der Waals surface area contributed by atoms with Gasteiger partial charge in [0, 0.05) is 35.6 Å². The molecule has 1 aromatic heterocycles. The van der Waals surface area contributed by atoms with Gasteiger partial charge >= 0.3 is 0 Å². The highest BCUT2D eigenvalue weighted by atomic mass is 32.2. The van der Waals surface area contributed by atoms with Crippen LogP contribution in [0, 0.1) is 17.7 Å². The number of benzene rings is 1. The molecule has 2 aliphatic heterocycles. The molecule has 0 bridgehead atoms. The Morgan fingerprint density at radius 3 is 3.00 bits per heavy atom. The summed E-state index contributed by atoms with van der Waals surface area (Å²) in [5, 5.41) is 0.430. The molecule has 25 heavy (non-hydrogen) atoms. The number of thioether (sulfide) groups is 1. The summed E-state index contributed by atoms with van der Waals surface area (Å²) in [6.45, 7) is 0.899. The number of ether oxygens (including phenoxy) is 1. The predicted molar refractivity (Wildman–Crippen MR) is 94.3 cm³/mol. The van der Waals surface area contributed by atoms with Crippen LogP contribution in [0.5, 0.6) is 0 Å². The van der Waals surface area contributed by atoms with Crippen molar-refractivity contribution in [3.63, 3.8) is 0 Å². The summed E-state index contributed by atoms with van der Waals surface area (Å²) in [6, 6.07) is 7.84. The summed E-state index contributed by atoms with van der Waals surface area (Å²) >= 11 is 1.49. The van der Waals surface area contributed by atoms with Crippen LogP contribution >= 0.6 is 11.8 Å². The zero-order chi connectivity index (χ0) is 17.4. The number of hydrogen-bond acceptors (Lipinski definition) is 5. The molecule has 2 N–H and O–H groups in total. The lowest BCUT2D eigenvalue weighted by molar-refractivity contribution is 0.00303. The number of nitrogens with zero attached hydrogens (tertiary/aromatic N) is 2. The van der Waals surface area contributed by atoms with Gasteiger partial charge in [0.1, 0.15) is 11.4 Å². The number of rotatable bonds is 2. The van der Waals surface area contributed by atoms with E-state index in [1.807, 2.05) is 0 Å². The van der Waals surface area contributed by atoms with Crippen LogP contribution in [0.25, 0.3) is 11.1 Å². The minimum Gasteiger partial charge on any atom is -0.379 e. The Morgan fingerprint density at radius 2 is 2.16 bits per heavy atom. The van der Waals surface area contributed by atoms with Gasteiger partial charge in [0.05, 0.1) is 6.61 Å². The molecule has 4 rings (SSSR count). The third-order valence-electron chi connectivity index (χ3n) is 4.85. The number of pyridine rings is 1. The van der Waals surface area contributed by atoms with Crippen molar-refractivity contribution in [2.45, 2.75) is 12.0 Å². The highest BCUT2D eigenvalue weighted by Crippen LogP contribution is 2.46. The van der Waals surface area contributed by atoms with E-state index in [1.165, 1.54) is 24.0 Å². The van der Waals surface area contributed by atoms with Crippen LogP contribution in [0.15, 0.2) is 41.5 Å². The summed E-state index contributed by atoms with van der Waals surface area (Å²) < 4.78 is 34.5. The molecule has 2 aromatic rings. The van der Waals surface area contributed by atoms with E-state index in [0.29, 0.717) is 28.5 Å². The molecule has 130 valence electrons. The number of fused-ring (bicyclic) bond motifs is 1. The predicted octanol–water partition coefficient (Wildman–Crippen LogP) is 3.32. The fourth-order valence-electron chi connectivity index (χ4n) is 3.55. The Kier molecular flexibility index (Phi) is 4.21. The van der Waals surface area contributed by atoms with E-state index in [2.05, 4.69) is 9.98 Å². The van der Waals surface area contributed by atoms with Gasteiger partial charge in [-0.25, -0.2) is 14.4 Å². The third-order valence-corrected chi connectivity index (χ3v) is 5.81. The maximum absolute atomic E-state index is 14.8. The number of aliphatic imine (C=N–C) groups is 1. The first kappa shape index (κ1) is 16.5. The van der Waals surface area contributed by atoms with E-state index in [-0.39, 0.29) is 18.3 Å². The smallest absolute Gasteiger partial charge is 0.220 e. The molecule has 1 unspecified atom stereocenters. The standard InChI is InChI=1S/C18H17F2N3OS/c19-15-4-3-11(13-2-1-6-22-16(13)20)8-14(15)18-10-24-7-5-12(18)9-25-17(21)23-18/h1-4,6,8,12H,5,7,9-10H2,(H2,21,23)/t12?,18-/m0/s1. The van der Waals surface area contributed by atoms with Gasteiger partial charge in [0.25, 0.3) is 0 Å². The number of aromatic nitrogens is 1. The minimum atomic E-state index is -0.855. The molecule has 4 nitrogen and oxygen atoms in total. The molecule has 0 amide bonds. The zero-order valence-corrected chi connectivity index (χ0v) is 14.2. The van der Waals surface area contributed by atoms with Gasteiger partial charge < -0.3 is 10.5 Å². The molecule has 0 radical (unpaired) electrons. The normalized spacial score (nSPS) is 26.0. The zero-order valence-electron chi connectivity index (χ0n) is 13.4. The molecule has 0 aliphatic carbocycles. The fourth-order valence-corrected chi connectivity index (χ4v) is 4.60. The van der Waals surface area contributed by atoms with E-state index in [0.717, 1.165) is 12.2 Å². The monoisotopic (exact) mass is 361 g/mol. The van der Waals surface area contributed by atoms with Crippen LogP contribution in [0.3, 0.4) is 0 Å². The summed E-state index contributed by atoms with van der Waals surface area (Å²) in [5.74, 6) is -0.0749. The Balaban J connectivity index is 1.88. The van der Waals surface area contributed by atoms with Gasteiger partial charge in [-0.2, -0.15) is 4.39 Å². The van der Waals surface area contributed by atoms with Crippen molar-refractivity contribution in [3.8, 4) is 11.1 Å². The first-order valence-electron chi connectivity index (χ1n) is 8.07. The van der Waals surface area contributed by atoms with Crippen LogP contribution in [-0.2, 0) is 10.3 Å². The first-order chi connectivity index (χ1) is 12.1. The molecule has 2 aliphatic rings. The van der Waals surface area contributed by atoms with Gasteiger partial charge in [-0.1, -0.05) is 17.8 Å². The van der Waals surface area contributed by atoms with Crippen LogP contribution in [0.4, 0.5) is 8.78 Å². The van der Waals surface area contributed by atoms with E-state index < -0.39 is 11.5 Å². The maximum Gasteiger partial charge on any atom is 0.220 e. The summed E-state index contributed by atoms with van der Waals surface area (Å²) in [5.41, 5.74) is 6.39. The number of halogens is 2. The van der Waals surface area contributed by atoms with Crippen LogP contribution < -0.4 is 5.73 Å². The van der Waals surface area contributed by atoms with Crippen molar-refractivity contribution in [1.29, 1.82) is 0 Å². The number of hydrogen-bond donors (Lipinski definition) is 1. The van der Waals surface area contributed by atoms with Crippen LogP contribution in [0.1, 0.15) is 12.0 Å². The van der Waals surface area contributed by atoms with Gasteiger partial charge in [-0.15, -0.1) is 0 Å². The summed E-state index contributed by atoms with van der Waals surface area (Å²) in [7, 11) is 0. The second-order valence-electron chi connectivity index (χ2n) is 6.26. The Hall–Kier alpha value is -1.99. The molecule has 1 saturated heterocycles. The third kappa shape index (κ3) is 2.81. The van der Waals surface area contributed by atoms with Crippen molar-refractivity contribution in [2.75, 3.05) is 19.0 Å². The second-order valence-corrected chi connectivity index (χ2v) is 7.30. The van der Waals surface area contributed by atoms with E-state index in [4.69, 9.17) is 10.5 Å². The molecule has 1 aromatic carbocycles. The maximum atomic E-state index is 14.8. The fraction of sp³-hybridized carbons (Fsp3) is 0.333. The SMILES string of the molecule is NC1=N[C@@]2(c3cc(-c4cccnc4F)ccc3F)COCCC2CS1. The summed E-state index contributed by atoms with van der Waals surface area (Å²) in [6.07, 6.45) is 2.17. The lowest BCUT2D eigenvalue weighted by Gasteiger charge is -2.43. The topological polar surface area (TPSA) is 60.5 Å². The van der Waals surface area contributed by atoms with Crippen LogP contribution in [-0.4, -0.2) is 29.1 Å². The van der Waals surface area contributed by atoms with E-state index in [9.17, 15) is 8.78 Å². The quantitative estimate of drug-likeness (QED) is 0.834. The van der Waals surface area contributed by atoms with E-state index >= 15 is 0 Å². The van der Waals surface area contributed by atoms with Gasteiger partial charge in [0.15, 0.2) is 5.17 Å². The van der Waals surface area contributed by atoms with Crippen molar-refractivity contribution in [2.24, 2.45) is 16.6 Å².